The molecule has 0 amide bonds. The van der Waals surface area contributed by atoms with Gasteiger partial charge in [0.05, 0.1) is 13.7 Å². The number of nitrogens with zero attached hydrogens (tertiary/aromatic N) is 4. The molecule has 3 aromatic rings. The molecule has 1 saturated heterocycles. The van der Waals surface area contributed by atoms with Gasteiger partial charge in [-0.15, -0.1) is 5.10 Å². The molecule has 0 saturated carbocycles. The van der Waals surface area contributed by atoms with Crippen LogP contribution in [0.4, 0.5) is 5.69 Å². The van der Waals surface area contributed by atoms with E-state index in [9.17, 15) is 4.79 Å². The van der Waals surface area contributed by atoms with Crippen LogP contribution in [0, 0.1) is 0 Å². The monoisotopic (exact) mass is 367 g/mol. The van der Waals surface area contributed by atoms with E-state index in [2.05, 4.69) is 21.4 Å². The lowest BCUT2D eigenvalue weighted by molar-refractivity contribution is 0.208. The summed E-state index contributed by atoms with van der Waals surface area (Å²) in [6, 6.07) is 14.1. The number of hydrogen-bond donors (Lipinski definition) is 1. The Hall–Kier alpha value is -2.80. The van der Waals surface area contributed by atoms with Gasteiger partial charge >= 0.3 is 5.69 Å². The summed E-state index contributed by atoms with van der Waals surface area (Å²) in [5.74, 6) is 0.871. The summed E-state index contributed by atoms with van der Waals surface area (Å²) < 4.78 is 8.44. The number of hydrogen-bond acceptors (Lipinski definition) is 5. The molecule has 0 spiro atoms. The number of fused-ring (bicyclic) bond motifs is 1. The van der Waals surface area contributed by atoms with Crippen molar-refractivity contribution in [3.63, 3.8) is 0 Å². The summed E-state index contributed by atoms with van der Waals surface area (Å²) in [4.78, 5) is 14.7. The van der Waals surface area contributed by atoms with Crippen LogP contribution in [-0.2, 0) is 6.54 Å². The van der Waals surface area contributed by atoms with E-state index in [1.54, 1.807) is 22.4 Å². The Morgan fingerprint density at radius 1 is 1.15 bits per heavy atom. The van der Waals surface area contributed by atoms with Crippen LogP contribution in [0.3, 0.4) is 0 Å². The van der Waals surface area contributed by atoms with E-state index in [-0.39, 0.29) is 5.69 Å². The highest BCUT2D eigenvalue weighted by molar-refractivity contribution is 5.48. The molecule has 1 fully saturated rings. The summed E-state index contributed by atoms with van der Waals surface area (Å²) in [6.07, 6.45) is 3.92. The number of nitrogens with one attached hydrogen (secondary N) is 1. The van der Waals surface area contributed by atoms with Gasteiger partial charge in [0.1, 0.15) is 5.75 Å². The number of rotatable bonds is 6. The molecule has 3 heterocycles. The highest BCUT2D eigenvalue weighted by atomic mass is 16.5. The molecular weight excluding hydrogens is 342 g/mol. The fraction of sp³-hybridized carbons (Fsp3) is 0.400. The van der Waals surface area contributed by atoms with Crippen molar-refractivity contribution in [3.8, 4) is 5.75 Å². The normalized spacial score (nSPS) is 15.9. The largest absolute Gasteiger partial charge is 0.497 e. The van der Waals surface area contributed by atoms with Gasteiger partial charge < -0.3 is 15.0 Å². The maximum absolute atomic E-state index is 12.3. The molecule has 1 aromatic carbocycles. The highest BCUT2D eigenvalue weighted by Crippen LogP contribution is 2.20. The van der Waals surface area contributed by atoms with Gasteiger partial charge in [0.15, 0.2) is 5.65 Å². The van der Waals surface area contributed by atoms with Gasteiger partial charge in [0.25, 0.3) is 0 Å². The summed E-state index contributed by atoms with van der Waals surface area (Å²) in [6.45, 7) is 3.50. The van der Waals surface area contributed by atoms with Gasteiger partial charge in [0, 0.05) is 43.6 Å². The van der Waals surface area contributed by atoms with Crippen LogP contribution in [0.2, 0.25) is 0 Å². The zero-order chi connectivity index (χ0) is 18.6. The standard InChI is InChI=1S/C20H25N5O2/c1-27-18-6-4-5-17(15-18)21-16-8-11-23(12-9-16)13-14-25-20(26)24-10-3-2-7-19(24)22-25/h2-7,10,15-16,21H,8-9,11-14H2,1H3. The minimum atomic E-state index is -0.0693. The smallest absolute Gasteiger partial charge is 0.350 e. The van der Waals surface area contributed by atoms with Crippen molar-refractivity contribution in [3.05, 3.63) is 59.1 Å². The molecule has 4 rings (SSSR count). The summed E-state index contributed by atoms with van der Waals surface area (Å²) in [5.41, 5.74) is 1.73. The Balaban J connectivity index is 1.29. The minimum Gasteiger partial charge on any atom is -0.497 e. The maximum Gasteiger partial charge on any atom is 0.350 e. The predicted octanol–water partition coefficient (Wildman–Crippen LogP) is 2.08. The molecule has 1 aliphatic heterocycles. The highest BCUT2D eigenvalue weighted by Gasteiger charge is 2.19. The number of aromatic nitrogens is 3. The zero-order valence-electron chi connectivity index (χ0n) is 15.5. The molecule has 0 aliphatic carbocycles. The average molecular weight is 367 g/mol. The fourth-order valence-electron chi connectivity index (χ4n) is 3.60. The number of likely N-dealkylation sites (tertiary alicyclic amines) is 1. The average Bonchev–Trinajstić information content (AvgIpc) is 3.04. The van der Waals surface area contributed by atoms with Crippen molar-refractivity contribution in [2.24, 2.45) is 0 Å². The lowest BCUT2D eigenvalue weighted by Crippen LogP contribution is -2.41. The minimum absolute atomic E-state index is 0.0693. The van der Waals surface area contributed by atoms with Crippen LogP contribution in [-0.4, -0.2) is 51.9 Å². The number of anilines is 1. The molecule has 7 nitrogen and oxygen atoms in total. The molecular formula is C20H25N5O2. The van der Waals surface area contributed by atoms with Crippen LogP contribution in [0.1, 0.15) is 12.8 Å². The third-order valence-electron chi connectivity index (χ3n) is 5.14. The van der Waals surface area contributed by atoms with Crippen molar-refractivity contribution >= 4 is 11.3 Å². The van der Waals surface area contributed by atoms with E-state index in [0.29, 0.717) is 18.2 Å². The first-order valence-electron chi connectivity index (χ1n) is 9.40. The van der Waals surface area contributed by atoms with E-state index in [1.165, 1.54) is 0 Å². The maximum atomic E-state index is 12.3. The van der Waals surface area contributed by atoms with Gasteiger partial charge in [0.2, 0.25) is 0 Å². The molecule has 1 N–H and O–H groups in total. The molecule has 27 heavy (non-hydrogen) atoms. The van der Waals surface area contributed by atoms with Crippen molar-refractivity contribution < 1.29 is 4.74 Å². The number of pyridine rings is 1. The fourth-order valence-corrected chi connectivity index (χ4v) is 3.60. The van der Waals surface area contributed by atoms with Gasteiger partial charge in [-0.05, 0) is 37.1 Å². The first kappa shape index (κ1) is 17.6. The zero-order valence-corrected chi connectivity index (χ0v) is 15.5. The molecule has 0 atom stereocenters. The summed E-state index contributed by atoms with van der Waals surface area (Å²) in [7, 11) is 1.69. The van der Waals surface area contributed by atoms with Crippen LogP contribution >= 0.6 is 0 Å². The third-order valence-corrected chi connectivity index (χ3v) is 5.14. The van der Waals surface area contributed by atoms with Gasteiger partial charge in [-0.25, -0.2) is 9.48 Å². The second-order valence-corrected chi connectivity index (χ2v) is 6.93. The Morgan fingerprint density at radius 3 is 2.78 bits per heavy atom. The second kappa shape index (κ2) is 7.84. The Labute approximate surface area is 158 Å². The molecule has 0 radical (unpaired) electrons. The summed E-state index contributed by atoms with van der Waals surface area (Å²) in [5, 5.41) is 8.00. The molecule has 0 unspecified atom stereocenters. The molecule has 142 valence electrons. The van der Waals surface area contributed by atoms with Crippen molar-refractivity contribution in [1.82, 2.24) is 19.1 Å². The van der Waals surface area contributed by atoms with E-state index in [0.717, 1.165) is 43.9 Å². The van der Waals surface area contributed by atoms with E-state index in [1.807, 2.05) is 36.4 Å². The van der Waals surface area contributed by atoms with E-state index < -0.39 is 0 Å². The lowest BCUT2D eigenvalue weighted by Gasteiger charge is -2.32. The Morgan fingerprint density at radius 2 is 2.00 bits per heavy atom. The summed E-state index contributed by atoms with van der Waals surface area (Å²) >= 11 is 0. The van der Waals surface area contributed by atoms with Crippen LogP contribution < -0.4 is 15.7 Å². The molecule has 1 aliphatic rings. The second-order valence-electron chi connectivity index (χ2n) is 6.93. The van der Waals surface area contributed by atoms with Gasteiger partial charge in [-0.2, -0.15) is 0 Å². The van der Waals surface area contributed by atoms with Gasteiger partial charge in [-0.1, -0.05) is 12.1 Å². The SMILES string of the molecule is COc1cccc(NC2CCN(CCn3nc4ccccn4c3=O)CC2)c1. The Kier molecular flexibility index (Phi) is 5.11. The number of piperidine rings is 1. The topological polar surface area (TPSA) is 63.8 Å². The third kappa shape index (κ3) is 3.98. The molecule has 2 aromatic heterocycles. The quantitative estimate of drug-likeness (QED) is 0.723. The number of ether oxygens (including phenoxy) is 1. The molecule has 0 bridgehead atoms. The van der Waals surface area contributed by atoms with Gasteiger partial charge in [-0.3, -0.25) is 4.40 Å². The van der Waals surface area contributed by atoms with Crippen molar-refractivity contribution in [2.75, 3.05) is 32.1 Å². The van der Waals surface area contributed by atoms with Crippen molar-refractivity contribution in [1.29, 1.82) is 0 Å². The number of benzene rings is 1. The van der Waals surface area contributed by atoms with Crippen molar-refractivity contribution in [2.45, 2.75) is 25.4 Å². The van der Waals surface area contributed by atoms with Crippen LogP contribution in [0.25, 0.3) is 5.65 Å². The molecule has 7 heteroatoms. The van der Waals surface area contributed by atoms with Crippen LogP contribution in [0.15, 0.2) is 53.5 Å². The van der Waals surface area contributed by atoms with Crippen LogP contribution in [0.5, 0.6) is 5.75 Å². The first-order valence-corrected chi connectivity index (χ1v) is 9.40. The van der Waals surface area contributed by atoms with E-state index in [4.69, 9.17) is 4.74 Å². The Bertz CT molecular complexity index is 956. The lowest BCUT2D eigenvalue weighted by atomic mass is 10.0. The van der Waals surface area contributed by atoms with E-state index >= 15 is 0 Å². The predicted molar refractivity (Wildman–Crippen MR) is 106 cm³/mol. The number of methoxy groups -OCH3 is 1. The first-order chi connectivity index (χ1) is 13.2.